The molecular weight excluding hydrogens is 158 g/mol. The topological polar surface area (TPSA) is 12.0 Å². The van der Waals surface area contributed by atoms with Crippen molar-refractivity contribution in [2.24, 2.45) is 11.8 Å². The van der Waals surface area contributed by atoms with E-state index in [-0.39, 0.29) is 0 Å². The molecule has 0 aliphatic carbocycles. The van der Waals surface area contributed by atoms with Crippen molar-refractivity contribution in [3.05, 3.63) is 0 Å². The van der Waals surface area contributed by atoms with E-state index in [1.807, 2.05) is 0 Å². The standard InChI is InChI=1S/C12H27N/c1-7-8-10(4)11(5)12(6)13-9(2)3/h9-13H,7-8H2,1-6H3. The number of hydrogen-bond donors (Lipinski definition) is 1. The second-order valence-corrected chi connectivity index (χ2v) is 4.74. The Balaban J connectivity index is 3.85. The Labute approximate surface area is 84.3 Å². The zero-order chi connectivity index (χ0) is 10.4. The highest BCUT2D eigenvalue weighted by Gasteiger charge is 2.18. The molecule has 1 nitrogen and oxygen atoms in total. The highest BCUT2D eigenvalue weighted by Crippen LogP contribution is 2.20. The summed E-state index contributed by atoms with van der Waals surface area (Å²) >= 11 is 0. The van der Waals surface area contributed by atoms with Gasteiger partial charge >= 0.3 is 0 Å². The van der Waals surface area contributed by atoms with Crippen molar-refractivity contribution in [2.45, 2.75) is 66.5 Å². The molecule has 0 aliphatic rings. The van der Waals surface area contributed by atoms with Crippen LogP contribution in [0.2, 0.25) is 0 Å². The molecule has 1 heteroatoms. The third-order valence-corrected chi connectivity index (χ3v) is 3.03. The number of rotatable bonds is 6. The maximum atomic E-state index is 3.58. The predicted octanol–water partition coefficient (Wildman–Crippen LogP) is 3.45. The zero-order valence-corrected chi connectivity index (χ0v) is 10.2. The second kappa shape index (κ2) is 6.42. The smallest absolute Gasteiger partial charge is 0.00692 e. The Morgan fingerprint density at radius 2 is 1.54 bits per heavy atom. The maximum absolute atomic E-state index is 3.58. The van der Waals surface area contributed by atoms with Gasteiger partial charge in [-0.05, 0) is 18.8 Å². The summed E-state index contributed by atoms with van der Waals surface area (Å²) in [6, 6.07) is 1.24. The van der Waals surface area contributed by atoms with Crippen molar-refractivity contribution >= 4 is 0 Å². The fourth-order valence-corrected chi connectivity index (χ4v) is 1.89. The molecule has 0 saturated heterocycles. The van der Waals surface area contributed by atoms with Crippen LogP contribution in [0, 0.1) is 11.8 Å². The maximum Gasteiger partial charge on any atom is 0.00692 e. The Bertz CT molecular complexity index is 120. The molecule has 0 aromatic heterocycles. The van der Waals surface area contributed by atoms with E-state index in [1.54, 1.807) is 0 Å². The third kappa shape index (κ3) is 5.30. The van der Waals surface area contributed by atoms with E-state index >= 15 is 0 Å². The van der Waals surface area contributed by atoms with E-state index in [9.17, 15) is 0 Å². The van der Waals surface area contributed by atoms with E-state index in [0.717, 1.165) is 11.8 Å². The van der Waals surface area contributed by atoms with Crippen LogP contribution in [0.25, 0.3) is 0 Å². The SMILES string of the molecule is CCCC(C)C(C)C(C)NC(C)C. The summed E-state index contributed by atoms with van der Waals surface area (Å²) in [5.41, 5.74) is 0. The van der Waals surface area contributed by atoms with Crippen LogP contribution in [-0.2, 0) is 0 Å². The first kappa shape index (κ1) is 13.0. The monoisotopic (exact) mass is 185 g/mol. The molecule has 0 radical (unpaired) electrons. The quantitative estimate of drug-likeness (QED) is 0.668. The van der Waals surface area contributed by atoms with Crippen molar-refractivity contribution in [3.8, 4) is 0 Å². The molecule has 0 fully saturated rings. The Hall–Kier alpha value is -0.0400. The second-order valence-electron chi connectivity index (χ2n) is 4.74. The lowest BCUT2D eigenvalue weighted by Crippen LogP contribution is -2.39. The van der Waals surface area contributed by atoms with Crippen LogP contribution in [0.4, 0.5) is 0 Å². The normalized spacial score (nSPS) is 18.7. The lowest BCUT2D eigenvalue weighted by atomic mass is 9.86. The van der Waals surface area contributed by atoms with Gasteiger partial charge in [0, 0.05) is 12.1 Å². The van der Waals surface area contributed by atoms with Gasteiger partial charge in [-0.1, -0.05) is 47.5 Å². The zero-order valence-electron chi connectivity index (χ0n) is 10.2. The summed E-state index contributed by atoms with van der Waals surface area (Å²) in [4.78, 5) is 0. The fourth-order valence-electron chi connectivity index (χ4n) is 1.89. The molecule has 0 saturated carbocycles. The molecule has 0 aromatic rings. The summed E-state index contributed by atoms with van der Waals surface area (Å²) in [5, 5.41) is 3.58. The minimum Gasteiger partial charge on any atom is -0.312 e. The molecule has 3 atom stereocenters. The van der Waals surface area contributed by atoms with Crippen LogP contribution in [-0.4, -0.2) is 12.1 Å². The largest absolute Gasteiger partial charge is 0.312 e. The van der Waals surface area contributed by atoms with Gasteiger partial charge in [-0.25, -0.2) is 0 Å². The van der Waals surface area contributed by atoms with Crippen LogP contribution in [0.5, 0.6) is 0 Å². The number of nitrogens with one attached hydrogen (secondary N) is 1. The van der Waals surface area contributed by atoms with E-state index < -0.39 is 0 Å². The lowest BCUT2D eigenvalue weighted by molar-refractivity contribution is 0.272. The fraction of sp³-hybridized carbons (Fsp3) is 1.00. The lowest BCUT2D eigenvalue weighted by Gasteiger charge is -2.28. The first-order valence-corrected chi connectivity index (χ1v) is 5.75. The average molecular weight is 185 g/mol. The van der Waals surface area contributed by atoms with E-state index in [0.29, 0.717) is 12.1 Å². The van der Waals surface area contributed by atoms with Gasteiger partial charge in [0.1, 0.15) is 0 Å². The summed E-state index contributed by atoms with van der Waals surface area (Å²) < 4.78 is 0. The molecule has 0 bridgehead atoms. The van der Waals surface area contributed by atoms with Crippen LogP contribution in [0.1, 0.15) is 54.4 Å². The van der Waals surface area contributed by atoms with Crippen LogP contribution >= 0.6 is 0 Å². The molecule has 3 unspecified atom stereocenters. The highest BCUT2D eigenvalue weighted by molar-refractivity contribution is 4.74. The van der Waals surface area contributed by atoms with Gasteiger partial charge < -0.3 is 5.32 Å². The molecule has 0 spiro atoms. The van der Waals surface area contributed by atoms with Gasteiger partial charge in [-0.15, -0.1) is 0 Å². The molecule has 80 valence electrons. The molecule has 13 heavy (non-hydrogen) atoms. The first-order valence-electron chi connectivity index (χ1n) is 5.75. The molecule has 0 heterocycles. The molecule has 1 N–H and O–H groups in total. The highest BCUT2D eigenvalue weighted by atomic mass is 14.9. The molecule has 0 rings (SSSR count). The Morgan fingerprint density at radius 1 is 1.00 bits per heavy atom. The summed E-state index contributed by atoms with van der Waals surface area (Å²) in [7, 11) is 0. The Morgan fingerprint density at radius 3 is 1.92 bits per heavy atom. The van der Waals surface area contributed by atoms with Crippen molar-refractivity contribution in [1.29, 1.82) is 0 Å². The van der Waals surface area contributed by atoms with Crippen molar-refractivity contribution < 1.29 is 0 Å². The van der Waals surface area contributed by atoms with E-state index in [4.69, 9.17) is 0 Å². The number of hydrogen-bond acceptors (Lipinski definition) is 1. The average Bonchev–Trinajstić information content (AvgIpc) is 2.02. The van der Waals surface area contributed by atoms with Gasteiger partial charge in [0.2, 0.25) is 0 Å². The van der Waals surface area contributed by atoms with Gasteiger partial charge in [0.15, 0.2) is 0 Å². The van der Waals surface area contributed by atoms with Crippen LogP contribution < -0.4 is 5.32 Å². The molecule has 0 aliphatic heterocycles. The molecule has 0 amide bonds. The Kier molecular flexibility index (Phi) is 6.40. The summed E-state index contributed by atoms with van der Waals surface area (Å²) in [6.07, 6.45) is 2.66. The van der Waals surface area contributed by atoms with Gasteiger partial charge in [0.25, 0.3) is 0 Å². The predicted molar refractivity (Wildman–Crippen MR) is 61.0 cm³/mol. The van der Waals surface area contributed by atoms with E-state index in [2.05, 4.69) is 46.9 Å². The van der Waals surface area contributed by atoms with Gasteiger partial charge in [-0.2, -0.15) is 0 Å². The first-order chi connectivity index (χ1) is 5.99. The van der Waals surface area contributed by atoms with Gasteiger partial charge in [-0.3, -0.25) is 0 Å². The van der Waals surface area contributed by atoms with E-state index in [1.165, 1.54) is 12.8 Å². The van der Waals surface area contributed by atoms with Gasteiger partial charge in [0.05, 0.1) is 0 Å². The molecule has 0 aromatic carbocycles. The van der Waals surface area contributed by atoms with Crippen molar-refractivity contribution in [2.75, 3.05) is 0 Å². The van der Waals surface area contributed by atoms with Crippen molar-refractivity contribution in [3.63, 3.8) is 0 Å². The third-order valence-electron chi connectivity index (χ3n) is 3.03. The van der Waals surface area contributed by atoms with Crippen molar-refractivity contribution in [1.82, 2.24) is 5.32 Å². The van der Waals surface area contributed by atoms with Crippen LogP contribution in [0.15, 0.2) is 0 Å². The van der Waals surface area contributed by atoms with Crippen LogP contribution in [0.3, 0.4) is 0 Å². The summed E-state index contributed by atoms with van der Waals surface area (Å²) in [5.74, 6) is 1.62. The minimum absolute atomic E-state index is 0.603. The summed E-state index contributed by atoms with van der Waals surface area (Å²) in [6.45, 7) is 13.7. The molecular formula is C12H27N. The minimum atomic E-state index is 0.603.